The van der Waals surface area contributed by atoms with E-state index in [1.165, 1.54) is 0 Å². The maximum Gasteiger partial charge on any atom is 0.253 e. The van der Waals surface area contributed by atoms with Gasteiger partial charge in [-0.2, -0.15) is 0 Å². The summed E-state index contributed by atoms with van der Waals surface area (Å²) in [6, 6.07) is 14.0. The molecule has 2 amide bonds. The van der Waals surface area contributed by atoms with Gasteiger partial charge < -0.3 is 11.1 Å². The minimum atomic E-state index is -0.468. The third kappa shape index (κ3) is 4.33. The molecule has 0 aliphatic carbocycles. The van der Waals surface area contributed by atoms with E-state index >= 15 is 0 Å². The molecule has 4 nitrogen and oxygen atoms in total. The van der Waals surface area contributed by atoms with Gasteiger partial charge in [-0.25, -0.2) is 0 Å². The van der Waals surface area contributed by atoms with Gasteiger partial charge in [-0.3, -0.25) is 9.59 Å². The fourth-order valence-electron chi connectivity index (χ4n) is 1.73. The zero-order valence-electron chi connectivity index (χ0n) is 11.6. The summed E-state index contributed by atoms with van der Waals surface area (Å²) in [5.41, 5.74) is 7.00. The molecule has 5 heteroatoms. The van der Waals surface area contributed by atoms with E-state index < -0.39 is 5.91 Å². The van der Waals surface area contributed by atoms with Crippen molar-refractivity contribution in [3.05, 3.63) is 68.8 Å². The van der Waals surface area contributed by atoms with Crippen LogP contribution in [0.2, 0.25) is 0 Å². The molecule has 0 atom stereocenters. The predicted octanol–water partition coefficient (Wildman–Crippen LogP) is 2.17. The van der Waals surface area contributed by atoms with Gasteiger partial charge in [0.05, 0.1) is 12.1 Å². The highest BCUT2D eigenvalue weighted by atomic mass is 127. The van der Waals surface area contributed by atoms with E-state index in [9.17, 15) is 9.59 Å². The van der Waals surface area contributed by atoms with Crippen LogP contribution in [0.1, 0.15) is 26.3 Å². The Labute approximate surface area is 142 Å². The predicted molar refractivity (Wildman–Crippen MR) is 93.3 cm³/mol. The summed E-state index contributed by atoms with van der Waals surface area (Å²) in [6.07, 6.45) is 0. The molecule has 0 fully saturated rings. The van der Waals surface area contributed by atoms with Crippen molar-refractivity contribution in [1.82, 2.24) is 5.32 Å². The van der Waals surface area contributed by atoms with Crippen LogP contribution in [0.4, 0.5) is 0 Å². The summed E-state index contributed by atoms with van der Waals surface area (Å²) in [5, 5.41) is 2.75. The van der Waals surface area contributed by atoms with Crippen LogP contribution in [0.5, 0.6) is 0 Å². The molecule has 0 spiro atoms. The molecule has 3 N–H and O–H groups in total. The molecule has 110 valence electrons. The van der Waals surface area contributed by atoms with Gasteiger partial charge in [-0.1, -0.05) is 24.0 Å². The molecule has 0 aromatic heterocycles. The minimum absolute atomic E-state index is 0.150. The zero-order valence-corrected chi connectivity index (χ0v) is 13.8. The summed E-state index contributed by atoms with van der Waals surface area (Å²) in [4.78, 5) is 22.9. The van der Waals surface area contributed by atoms with Crippen molar-refractivity contribution in [3.8, 4) is 11.8 Å². The number of carbonyl (C=O) groups is 2. The van der Waals surface area contributed by atoms with Crippen LogP contribution in [0.3, 0.4) is 0 Å². The number of hydrogen-bond donors (Lipinski definition) is 2. The largest absolute Gasteiger partial charge is 0.366 e. The lowest BCUT2D eigenvalue weighted by atomic mass is 10.1. The van der Waals surface area contributed by atoms with Crippen LogP contribution < -0.4 is 11.1 Å². The topological polar surface area (TPSA) is 72.2 Å². The lowest BCUT2D eigenvalue weighted by molar-refractivity contribution is 0.0956. The Morgan fingerprint density at radius 1 is 1.09 bits per heavy atom. The third-order valence-corrected chi connectivity index (χ3v) is 3.80. The first-order chi connectivity index (χ1) is 10.6. The number of carbonyl (C=O) groups excluding carboxylic acids is 2. The molecule has 2 aromatic carbocycles. The maximum atomic E-state index is 12.0. The Bertz CT molecular complexity index is 758. The summed E-state index contributed by atoms with van der Waals surface area (Å²) < 4.78 is 0.896. The Hall–Kier alpha value is -2.33. The smallest absolute Gasteiger partial charge is 0.253 e. The van der Waals surface area contributed by atoms with Crippen LogP contribution in [0.25, 0.3) is 0 Å². The van der Waals surface area contributed by atoms with Crippen molar-refractivity contribution < 1.29 is 9.59 Å². The average molecular weight is 404 g/mol. The van der Waals surface area contributed by atoms with Gasteiger partial charge in [-0.05, 0) is 59.0 Å². The van der Waals surface area contributed by atoms with Gasteiger partial charge in [0.2, 0.25) is 5.91 Å². The molecule has 2 aromatic rings. The molecular formula is C17H13IN2O2. The monoisotopic (exact) mass is 404 g/mol. The number of amides is 2. The molecule has 0 radical (unpaired) electrons. The van der Waals surface area contributed by atoms with Gasteiger partial charge in [-0.15, -0.1) is 0 Å². The molecule has 2 rings (SSSR count). The van der Waals surface area contributed by atoms with Crippen LogP contribution in [-0.2, 0) is 0 Å². The molecule has 0 saturated heterocycles. The number of nitrogens with one attached hydrogen (secondary N) is 1. The van der Waals surface area contributed by atoms with Crippen LogP contribution in [0, 0.1) is 15.4 Å². The number of rotatable bonds is 3. The SMILES string of the molecule is NC(=O)c1ccc(C#CCNC(=O)c2ccccc2I)cc1. The highest BCUT2D eigenvalue weighted by Crippen LogP contribution is 2.10. The lowest BCUT2D eigenvalue weighted by Gasteiger charge is -2.03. The molecule has 0 aliphatic heterocycles. The average Bonchev–Trinajstić information content (AvgIpc) is 2.52. The third-order valence-electron chi connectivity index (χ3n) is 2.86. The number of benzene rings is 2. The van der Waals surface area contributed by atoms with Crippen molar-refractivity contribution >= 4 is 34.4 Å². The summed E-state index contributed by atoms with van der Waals surface area (Å²) >= 11 is 2.12. The molecule has 0 aliphatic rings. The highest BCUT2D eigenvalue weighted by Gasteiger charge is 2.06. The van der Waals surface area contributed by atoms with Crippen LogP contribution in [-0.4, -0.2) is 18.4 Å². The van der Waals surface area contributed by atoms with E-state index in [4.69, 9.17) is 5.73 Å². The van der Waals surface area contributed by atoms with E-state index in [1.54, 1.807) is 30.3 Å². The molecule has 0 unspecified atom stereocenters. The Morgan fingerprint density at radius 3 is 2.41 bits per heavy atom. The molecule has 0 saturated carbocycles. The van der Waals surface area contributed by atoms with E-state index in [0.717, 1.165) is 9.13 Å². The van der Waals surface area contributed by atoms with Gasteiger partial charge in [0.25, 0.3) is 5.91 Å². The van der Waals surface area contributed by atoms with Crippen molar-refractivity contribution in [2.45, 2.75) is 0 Å². The summed E-state index contributed by atoms with van der Waals surface area (Å²) in [6.45, 7) is 0.251. The normalized spacial score (nSPS) is 9.50. The van der Waals surface area contributed by atoms with Crippen molar-refractivity contribution in [2.24, 2.45) is 5.73 Å². The summed E-state index contributed by atoms with van der Waals surface area (Å²) in [5.74, 6) is 5.17. The van der Waals surface area contributed by atoms with E-state index in [1.807, 2.05) is 18.2 Å². The second-order valence-electron chi connectivity index (χ2n) is 4.41. The van der Waals surface area contributed by atoms with E-state index in [-0.39, 0.29) is 12.5 Å². The quantitative estimate of drug-likeness (QED) is 0.608. The number of halogens is 1. The fraction of sp³-hybridized carbons (Fsp3) is 0.0588. The Morgan fingerprint density at radius 2 is 1.77 bits per heavy atom. The van der Waals surface area contributed by atoms with Gasteiger partial charge >= 0.3 is 0 Å². The minimum Gasteiger partial charge on any atom is -0.366 e. The number of hydrogen-bond acceptors (Lipinski definition) is 2. The van der Waals surface area contributed by atoms with Gasteiger partial charge in [0.1, 0.15) is 0 Å². The zero-order chi connectivity index (χ0) is 15.9. The number of primary amides is 1. The van der Waals surface area contributed by atoms with E-state index in [2.05, 4.69) is 39.7 Å². The van der Waals surface area contributed by atoms with Crippen molar-refractivity contribution in [1.29, 1.82) is 0 Å². The first-order valence-electron chi connectivity index (χ1n) is 6.49. The second kappa shape index (κ2) is 7.61. The standard InChI is InChI=1S/C17H13IN2O2/c18-15-6-2-1-5-14(15)17(22)20-11-3-4-12-7-9-13(10-8-12)16(19)21/h1-2,5-10H,11H2,(H2,19,21)(H,20,22). The fourth-order valence-corrected chi connectivity index (χ4v) is 2.36. The lowest BCUT2D eigenvalue weighted by Crippen LogP contribution is -2.24. The van der Waals surface area contributed by atoms with E-state index in [0.29, 0.717) is 11.1 Å². The first-order valence-corrected chi connectivity index (χ1v) is 7.57. The molecule has 0 heterocycles. The maximum absolute atomic E-state index is 12.0. The van der Waals surface area contributed by atoms with Gasteiger partial charge in [0.15, 0.2) is 0 Å². The summed E-state index contributed by atoms with van der Waals surface area (Å²) in [7, 11) is 0. The molecule has 0 bridgehead atoms. The molecular weight excluding hydrogens is 391 g/mol. The van der Waals surface area contributed by atoms with Crippen LogP contribution in [0.15, 0.2) is 48.5 Å². The molecule has 22 heavy (non-hydrogen) atoms. The first kappa shape index (κ1) is 16.0. The van der Waals surface area contributed by atoms with Crippen molar-refractivity contribution in [2.75, 3.05) is 6.54 Å². The van der Waals surface area contributed by atoms with Crippen LogP contribution >= 0.6 is 22.6 Å². The highest BCUT2D eigenvalue weighted by molar-refractivity contribution is 14.1. The number of nitrogens with two attached hydrogens (primary N) is 1. The van der Waals surface area contributed by atoms with Gasteiger partial charge in [0, 0.05) is 14.7 Å². The van der Waals surface area contributed by atoms with Crippen molar-refractivity contribution in [3.63, 3.8) is 0 Å². The Balaban J connectivity index is 1.93. The second-order valence-corrected chi connectivity index (χ2v) is 5.57. The Kier molecular flexibility index (Phi) is 5.55.